The summed E-state index contributed by atoms with van der Waals surface area (Å²) in [7, 11) is 3.68. The maximum atomic E-state index is 5.26. The fourth-order valence-corrected chi connectivity index (χ4v) is 1.37. The Kier molecular flexibility index (Phi) is 3.83. The molecular weight excluding hydrogens is 142 g/mol. The largest absolute Gasteiger partial charge is 0.381 e. The van der Waals surface area contributed by atoms with Crippen LogP contribution in [0.4, 0.5) is 0 Å². The third-order valence-electron chi connectivity index (χ3n) is 2.17. The van der Waals surface area contributed by atoms with Crippen LogP contribution in [-0.4, -0.2) is 39.0 Å². The second-order valence-corrected chi connectivity index (χ2v) is 3.05. The lowest BCUT2D eigenvalue weighted by atomic mass is 10.0. The van der Waals surface area contributed by atoms with Crippen LogP contribution < -0.4 is 0 Å². The van der Waals surface area contributed by atoms with Crippen LogP contribution >= 0.6 is 0 Å². The van der Waals surface area contributed by atoms with E-state index in [-0.39, 0.29) is 0 Å². The molecule has 0 aromatic heterocycles. The van der Waals surface area contributed by atoms with Crippen LogP contribution in [0.15, 0.2) is 0 Å². The first kappa shape index (κ1) is 8.97. The van der Waals surface area contributed by atoms with E-state index in [4.69, 9.17) is 9.57 Å². The highest BCUT2D eigenvalue weighted by Crippen LogP contribution is 2.15. The lowest BCUT2D eigenvalue weighted by molar-refractivity contribution is -0.124. The minimum Gasteiger partial charge on any atom is -0.381 e. The molecule has 0 N–H and O–H groups in total. The van der Waals surface area contributed by atoms with Crippen molar-refractivity contribution >= 4 is 0 Å². The average molecular weight is 159 g/mol. The maximum absolute atomic E-state index is 5.26. The molecule has 0 radical (unpaired) electrons. The summed E-state index contributed by atoms with van der Waals surface area (Å²) in [6, 6.07) is 0. The van der Waals surface area contributed by atoms with Crippen molar-refractivity contribution in [1.82, 2.24) is 5.06 Å². The van der Waals surface area contributed by atoms with E-state index >= 15 is 0 Å². The van der Waals surface area contributed by atoms with Crippen LogP contribution in [0.2, 0.25) is 0 Å². The Hall–Kier alpha value is -0.120. The van der Waals surface area contributed by atoms with Gasteiger partial charge in [-0.2, -0.15) is 5.06 Å². The molecule has 0 saturated carbocycles. The molecule has 0 amide bonds. The van der Waals surface area contributed by atoms with E-state index in [0.717, 1.165) is 25.7 Å². The molecule has 0 bridgehead atoms. The van der Waals surface area contributed by atoms with Gasteiger partial charge in [0.25, 0.3) is 0 Å². The molecule has 1 heterocycles. The Balaban J connectivity index is 2.13. The van der Waals surface area contributed by atoms with E-state index in [1.54, 1.807) is 7.11 Å². The van der Waals surface area contributed by atoms with E-state index in [1.807, 2.05) is 12.1 Å². The Morgan fingerprint density at radius 1 is 1.45 bits per heavy atom. The first-order valence-electron chi connectivity index (χ1n) is 4.16. The molecule has 3 nitrogen and oxygen atoms in total. The number of rotatable bonds is 3. The second-order valence-electron chi connectivity index (χ2n) is 3.05. The lowest BCUT2D eigenvalue weighted by Crippen LogP contribution is -2.28. The van der Waals surface area contributed by atoms with Gasteiger partial charge in [0.2, 0.25) is 0 Å². The topological polar surface area (TPSA) is 21.7 Å². The monoisotopic (exact) mass is 159 g/mol. The smallest absolute Gasteiger partial charge is 0.0575 e. The molecule has 0 aliphatic carbocycles. The van der Waals surface area contributed by atoms with Gasteiger partial charge in [0.15, 0.2) is 0 Å². The minimum atomic E-state index is 0.758. The standard InChI is InChI=1S/C8H17NO2/c1-9(10-2)7-8-3-5-11-6-4-8/h8H,3-7H2,1-2H3. The van der Waals surface area contributed by atoms with Gasteiger partial charge in [-0.15, -0.1) is 0 Å². The summed E-state index contributed by atoms with van der Waals surface area (Å²) in [5, 5.41) is 1.88. The highest BCUT2D eigenvalue weighted by molar-refractivity contribution is 4.64. The van der Waals surface area contributed by atoms with Crippen molar-refractivity contribution < 1.29 is 9.57 Å². The Bertz CT molecular complexity index is 102. The maximum Gasteiger partial charge on any atom is 0.0575 e. The van der Waals surface area contributed by atoms with Crippen LogP contribution in [0.3, 0.4) is 0 Å². The summed E-state index contributed by atoms with van der Waals surface area (Å²) in [4.78, 5) is 5.05. The Morgan fingerprint density at radius 2 is 2.09 bits per heavy atom. The predicted molar refractivity (Wildman–Crippen MR) is 43.2 cm³/mol. The molecule has 0 aromatic carbocycles. The molecule has 1 saturated heterocycles. The molecule has 1 aliphatic rings. The Morgan fingerprint density at radius 3 is 2.64 bits per heavy atom. The molecule has 1 fully saturated rings. The van der Waals surface area contributed by atoms with Crippen molar-refractivity contribution in [2.45, 2.75) is 12.8 Å². The number of nitrogens with zero attached hydrogens (tertiary/aromatic N) is 1. The second kappa shape index (κ2) is 4.70. The molecule has 66 valence electrons. The highest BCUT2D eigenvalue weighted by Gasteiger charge is 2.15. The van der Waals surface area contributed by atoms with Crippen molar-refractivity contribution in [2.24, 2.45) is 5.92 Å². The molecule has 0 atom stereocenters. The number of hydroxylamine groups is 2. The van der Waals surface area contributed by atoms with Crippen molar-refractivity contribution in [2.75, 3.05) is 33.9 Å². The lowest BCUT2D eigenvalue weighted by Gasteiger charge is -2.25. The van der Waals surface area contributed by atoms with Gasteiger partial charge in [-0.05, 0) is 18.8 Å². The first-order valence-corrected chi connectivity index (χ1v) is 4.16. The van der Waals surface area contributed by atoms with E-state index in [1.165, 1.54) is 12.8 Å². The van der Waals surface area contributed by atoms with Gasteiger partial charge in [0.1, 0.15) is 0 Å². The van der Waals surface area contributed by atoms with Gasteiger partial charge in [-0.25, -0.2) is 0 Å². The first-order chi connectivity index (χ1) is 5.33. The van der Waals surface area contributed by atoms with E-state index < -0.39 is 0 Å². The molecule has 0 spiro atoms. The molecule has 0 unspecified atom stereocenters. The van der Waals surface area contributed by atoms with Crippen LogP contribution in [0, 0.1) is 5.92 Å². The fraction of sp³-hybridized carbons (Fsp3) is 1.00. The third-order valence-corrected chi connectivity index (χ3v) is 2.17. The van der Waals surface area contributed by atoms with Crippen LogP contribution in [0.25, 0.3) is 0 Å². The number of ether oxygens (including phenoxy) is 1. The van der Waals surface area contributed by atoms with Crippen LogP contribution in [-0.2, 0) is 9.57 Å². The average Bonchev–Trinajstić information content (AvgIpc) is 2.06. The van der Waals surface area contributed by atoms with Crippen molar-refractivity contribution in [3.05, 3.63) is 0 Å². The quantitative estimate of drug-likeness (QED) is 0.571. The molecular formula is C8H17NO2. The zero-order valence-corrected chi connectivity index (χ0v) is 7.38. The summed E-state index contributed by atoms with van der Waals surface area (Å²) < 4.78 is 5.26. The summed E-state index contributed by atoms with van der Waals surface area (Å²) in [6.07, 6.45) is 2.35. The molecule has 1 rings (SSSR count). The molecule has 0 aromatic rings. The van der Waals surface area contributed by atoms with Gasteiger partial charge < -0.3 is 9.57 Å². The molecule has 1 aliphatic heterocycles. The van der Waals surface area contributed by atoms with Crippen LogP contribution in [0.5, 0.6) is 0 Å². The van der Waals surface area contributed by atoms with Gasteiger partial charge in [-0.1, -0.05) is 0 Å². The van der Waals surface area contributed by atoms with Gasteiger partial charge in [0.05, 0.1) is 7.11 Å². The summed E-state index contributed by atoms with van der Waals surface area (Å²) in [6.45, 7) is 2.87. The summed E-state index contributed by atoms with van der Waals surface area (Å²) in [5.74, 6) is 0.758. The van der Waals surface area contributed by atoms with E-state index in [9.17, 15) is 0 Å². The summed E-state index contributed by atoms with van der Waals surface area (Å²) >= 11 is 0. The van der Waals surface area contributed by atoms with E-state index in [2.05, 4.69) is 0 Å². The fourth-order valence-electron chi connectivity index (χ4n) is 1.37. The SMILES string of the molecule is CON(C)CC1CCOCC1. The normalized spacial score (nSPS) is 21.0. The number of hydrogen-bond acceptors (Lipinski definition) is 3. The van der Waals surface area contributed by atoms with Crippen molar-refractivity contribution in [1.29, 1.82) is 0 Å². The predicted octanol–water partition coefficient (Wildman–Crippen LogP) is 0.906. The third kappa shape index (κ3) is 3.18. The zero-order chi connectivity index (χ0) is 8.10. The highest BCUT2D eigenvalue weighted by atomic mass is 16.7. The zero-order valence-electron chi connectivity index (χ0n) is 7.38. The Labute approximate surface area is 68.2 Å². The van der Waals surface area contributed by atoms with Crippen molar-refractivity contribution in [3.63, 3.8) is 0 Å². The van der Waals surface area contributed by atoms with Gasteiger partial charge in [-0.3, -0.25) is 0 Å². The van der Waals surface area contributed by atoms with E-state index in [0.29, 0.717) is 0 Å². The van der Waals surface area contributed by atoms with Gasteiger partial charge >= 0.3 is 0 Å². The molecule has 3 heteroatoms. The number of hydrogen-bond donors (Lipinski definition) is 0. The minimum absolute atomic E-state index is 0.758. The molecule has 11 heavy (non-hydrogen) atoms. The van der Waals surface area contributed by atoms with Crippen molar-refractivity contribution in [3.8, 4) is 0 Å². The van der Waals surface area contributed by atoms with Crippen LogP contribution in [0.1, 0.15) is 12.8 Å². The van der Waals surface area contributed by atoms with Gasteiger partial charge in [0, 0.05) is 26.8 Å². The summed E-state index contributed by atoms with van der Waals surface area (Å²) in [5.41, 5.74) is 0.